The third-order valence-corrected chi connectivity index (χ3v) is 4.38. The van der Waals surface area contributed by atoms with E-state index in [-0.39, 0.29) is 5.54 Å². The molecule has 4 nitrogen and oxygen atoms in total. The minimum absolute atomic E-state index is 0.237. The van der Waals surface area contributed by atoms with Crippen molar-refractivity contribution in [2.24, 2.45) is 0 Å². The second kappa shape index (κ2) is 6.03. The number of nitrogens with one attached hydrogen (secondary N) is 1. The number of benzene rings is 1. The van der Waals surface area contributed by atoms with Gasteiger partial charge in [-0.3, -0.25) is 5.32 Å². The quantitative estimate of drug-likeness (QED) is 0.858. The van der Waals surface area contributed by atoms with Crippen molar-refractivity contribution in [2.75, 3.05) is 7.11 Å². The fourth-order valence-electron chi connectivity index (χ4n) is 2.04. The van der Waals surface area contributed by atoms with Crippen molar-refractivity contribution in [1.29, 1.82) is 0 Å². The van der Waals surface area contributed by atoms with Crippen LogP contribution < -0.4 is 10.1 Å². The summed E-state index contributed by atoms with van der Waals surface area (Å²) in [6.45, 7) is 6.78. The highest BCUT2D eigenvalue weighted by Crippen LogP contribution is 2.29. The van der Waals surface area contributed by atoms with Crippen molar-refractivity contribution in [3.63, 3.8) is 0 Å². The second-order valence-electron chi connectivity index (χ2n) is 5.05. The molecule has 0 amide bonds. The van der Waals surface area contributed by atoms with Crippen LogP contribution in [0.4, 0.5) is 0 Å². The molecule has 1 aromatic heterocycles. The van der Waals surface area contributed by atoms with Gasteiger partial charge < -0.3 is 4.74 Å². The molecule has 0 saturated heterocycles. The summed E-state index contributed by atoms with van der Waals surface area (Å²) >= 11 is 6.81. The molecule has 0 spiro atoms. The van der Waals surface area contributed by atoms with Gasteiger partial charge in [-0.2, -0.15) is 5.10 Å². The molecule has 108 valence electrons. The predicted octanol–water partition coefficient (Wildman–Crippen LogP) is 3.47. The Labute approximate surface area is 128 Å². The Morgan fingerprint density at radius 3 is 2.70 bits per heavy atom. The Balaban J connectivity index is 2.18. The molecule has 6 heteroatoms. The van der Waals surface area contributed by atoms with Gasteiger partial charge in [0.1, 0.15) is 10.8 Å². The van der Waals surface area contributed by atoms with Gasteiger partial charge in [-0.25, -0.2) is 4.68 Å². The van der Waals surface area contributed by atoms with Crippen LogP contribution in [0.5, 0.6) is 5.75 Å². The van der Waals surface area contributed by atoms with Gasteiger partial charge in [0.15, 0.2) is 3.95 Å². The van der Waals surface area contributed by atoms with E-state index >= 15 is 0 Å². The molecule has 0 aliphatic rings. The first-order chi connectivity index (χ1) is 9.44. The molecule has 1 aromatic carbocycles. The van der Waals surface area contributed by atoms with Gasteiger partial charge in [0.2, 0.25) is 0 Å². The van der Waals surface area contributed by atoms with Gasteiger partial charge in [-0.05, 0) is 39.1 Å². The van der Waals surface area contributed by atoms with Crippen LogP contribution in [-0.2, 0) is 12.2 Å². The van der Waals surface area contributed by atoms with E-state index in [1.807, 2.05) is 29.8 Å². The van der Waals surface area contributed by atoms with Gasteiger partial charge in [-0.1, -0.05) is 29.5 Å². The lowest BCUT2D eigenvalue weighted by atomic mass is 9.93. The highest BCUT2D eigenvalue weighted by molar-refractivity contribution is 7.73. The summed E-state index contributed by atoms with van der Waals surface area (Å²) in [6, 6.07) is 8.02. The number of rotatable bonds is 5. The fraction of sp³-hybridized carbons (Fsp3) is 0.429. The first-order valence-electron chi connectivity index (χ1n) is 6.37. The Bertz CT molecular complexity index is 646. The summed E-state index contributed by atoms with van der Waals surface area (Å²) < 4.78 is 8.03. The molecule has 0 fully saturated rings. The van der Waals surface area contributed by atoms with Crippen LogP contribution in [0, 0.1) is 10.9 Å². The Kier molecular flexibility index (Phi) is 4.57. The van der Waals surface area contributed by atoms with E-state index < -0.39 is 0 Å². The SMILES string of the molecule is COc1ccccc1C(C)(C)NCn1nc(C)sc1=S. The van der Waals surface area contributed by atoms with Gasteiger partial charge in [0, 0.05) is 11.1 Å². The highest BCUT2D eigenvalue weighted by atomic mass is 32.1. The maximum Gasteiger partial charge on any atom is 0.180 e. The smallest absolute Gasteiger partial charge is 0.180 e. The summed E-state index contributed by atoms with van der Waals surface area (Å²) in [5, 5.41) is 8.85. The molecule has 0 aliphatic heterocycles. The molecule has 0 aliphatic carbocycles. The van der Waals surface area contributed by atoms with Crippen molar-refractivity contribution in [3.05, 3.63) is 38.8 Å². The van der Waals surface area contributed by atoms with Crippen LogP contribution in [-0.4, -0.2) is 16.9 Å². The van der Waals surface area contributed by atoms with E-state index in [1.54, 1.807) is 7.11 Å². The Morgan fingerprint density at radius 2 is 2.10 bits per heavy atom. The van der Waals surface area contributed by atoms with Crippen molar-refractivity contribution < 1.29 is 4.74 Å². The van der Waals surface area contributed by atoms with Crippen molar-refractivity contribution in [3.8, 4) is 5.75 Å². The molecule has 1 N–H and O–H groups in total. The lowest BCUT2D eigenvalue weighted by Gasteiger charge is -2.28. The molecule has 1 heterocycles. The second-order valence-corrected chi connectivity index (χ2v) is 6.87. The van der Waals surface area contributed by atoms with Crippen LogP contribution in [0.2, 0.25) is 0 Å². The molecule has 0 atom stereocenters. The Morgan fingerprint density at radius 1 is 1.40 bits per heavy atom. The number of aromatic nitrogens is 2. The minimum atomic E-state index is -0.237. The summed E-state index contributed by atoms with van der Waals surface area (Å²) in [6.07, 6.45) is 0. The predicted molar refractivity (Wildman–Crippen MR) is 84.8 cm³/mol. The summed E-state index contributed by atoms with van der Waals surface area (Å²) in [7, 11) is 1.69. The van der Waals surface area contributed by atoms with Crippen LogP contribution >= 0.6 is 23.6 Å². The van der Waals surface area contributed by atoms with E-state index in [1.165, 1.54) is 11.3 Å². The maximum atomic E-state index is 5.43. The van der Waals surface area contributed by atoms with E-state index in [0.717, 1.165) is 20.3 Å². The molecule has 20 heavy (non-hydrogen) atoms. The number of nitrogens with zero attached hydrogens (tertiary/aromatic N) is 2. The molecule has 0 saturated carbocycles. The zero-order chi connectivity index (χ0) is 14.8. The fourth-order valence-corrected chi connectivity index (χ4v) is 3.11. The molecule has 2 rings (SSSR count). The van der Waals surface area contributed by atoms with E-state index in [2.05, 4.69) is 30.3 Å². The highest BCUT2D eigenvalue weighted by Gasteiger charge is 2.23. The first-order valence-corrected chi connectivity index (χ1v) is 7.59. The van der Waals surface area contributed by atoms with Gasteiger partial charge in [0.25, 0.3) is 0 Å². The average Bonchev–Trinajstić information content (AvgIpc) is 2.75. The lowest BCUT2D eigenvalue weighted by Crippen LogP contribution is -2.38. The molecule has 0 unspecified atom stereocenters. The third kappa shape index (κ3) is 3.26. The molecule has 0 radical (unpaired) electrons. The van der Waals surface area contributed by atoms with Crippen molar-refractivity contribution >= 4 is 23.6 Å². The third-order valence-electron chi connectivity index (χ3n) is 3.16. The normalized spacial score (nSPS) is 11.6. The zero-order valence-corrected chi connectivity index (χ0v) is 13.8. The standard InChI is InChI=1S/C14H19N3OS2/c1-10-16-17(13(19)20-10)9-15-14(2,3)11-7-5-6-8-12(11)18-4/h5-8,15H,9H2,1-4H3. The van der Waals surface area contributed by atoms with Crippen molar-refractivity contribution in [1.82, 2.24) is 15.1 Å². The maximum absolute atomic E-state index is 5.43. The Hall–Kier alpha value is -1.24. The molecule has 2 aromatic rings. The monoisotopic (exact) mass is 309 g/mol. The summed E-state index contributed by atoms with van der Waals surface area (Å²) in [4.78, 5) is 0. The van der Waals surface area contributed by atoms with E-state index in [0.29, 0.717) is 6.67 Å². The summed E-state index contributed by atoms with van der Waals surface area (Å²) in [5.41, 5.74) is 0.875. The number of aryl methyl sites for hydroxylation is 1. The number of hydrogen-bond donors (Lipinski definition) is 1. The van der Waals surface area contributed by atoms with Crippen molar-refractivity contribution in [2.45, 2.75) is 33.0 Å². The van der Waals surface area contributed by atoms with Crippen LogP contribution in [0.1, 0.15) is 24.4 Å². The minimum Gasteiger partial charge on any atom is -0.496 e. The van der Waals surface area contributed by atoms with Crippen LogP contribution in [0.25, 0.3) is 0 Å². The molecule has 0 bridgehead atoms. The molecular formula is C14H19N3OS2. The van der Waals surface area contributed by atoms with Gasteiger partial charge >= 0.3 is 0 Å². The largest absolute Gasteiger partial charge is 0.496 e. The van der Waals surface area contributed by atoms with Gasteiger partial charge in [-0.15, -0.1) is 0 Å². The first kappa shape index (κ1) is 15.2. The van der Waals surface area contributed by atoms with E-state index in [9.17, 15) is 0 Å². The molecular weight excluding hydrogens is 290 g/mol. The number of para-hydroxylation sites is 1. The number of methoxy groups -OCH3 is 1. The van der Waals surface area contributed by atoms with Crippen LogP contribution in [0.3, 0.4) is 0 Å². The zero-order valence-electron chi connectivity index (χ0n) is 12.1. The number of hydrogen-bond acceptors (Lipinski definition) is 5. The summed E-state index contributed by atoms with van der Waals surface area (Å²) in [5.74, 6) is 0.878. The van der Waals surface area contributed by atoms with E-state index in [4.69, 9.17) is 17.0 Å². The topological polar surface area (TPSA) is 39.1 Å². The van der Waals surface area contributed by atoms with Crippen LogP contribution in [0.15, 0.2) is 24.3 Å². The lowest BCUT2D eigenvalue weighted by molar-refractivity contribution is 0.325. The van der Waals surface area contributed by atoms with Gasteiger partial charge in [0.05, 0.1) is 13.8 Å². The average molecular weight is 309 g/mol. The number of ether oxygens (including phenoxy) is 1.